The smallest absolute Gasteiger partial charge is 0.155 e. The van der Waals surface area contributed by atoms with Gasteiger partial charge < -0.3 is 0 Å². The second kappa shape index (κ2) is 4.29. The van der Waals surface area contributed by atoms with Gasteiger partial charge in [0.15, 0.2) is 5.78 Å². The highest BCUT2D eigenvalue weighted by molar-refractivity contribution is 5.91. The van der Waals surface area contributed by atoms with E-state index in [9.17, 15) is 9.59 Å². The van der Waals surface area contributed by atoms with Crippen molar-refractivity contribution in [3.63, 3.8) is 0 Å². The van der Waals surface area contributed by atoms with Gasteiger partial charge in [-0.05, 0) is 68.3 Å². The minimum atomic E-state index is -0.00707. The summed E-state index contributed by atoms with van der Waals surface area (Å²) in [6.07, 6.45) is 10.3. The molecule has 0 aromatic rings. The van der Waals surface area contributed by atoms with E-state index < -0.39 is 0 Å². The van der Waals surface area contributed by atoms with Crippen molar-refractivity contribution in [1.29, 1.82) is 0 Å². The van der Waals surface area contributed by atoms with Crippen molar-refractivity contribution in [3.8, 4) is 0 Å². The molecule has 2 nitrogen and oxygen atoms in total. The summed E-state index contributed by atoms with van der Waals surface area (Å²) in [7, 11) is 0. The van der Waals surface area contributed by atoms with Crippen molar-refractivity contribution in [2.24, 2.45) is 29.1 Å². The summed E-state index contributed by atoms with van der Waals surface area (Å²) in [5.41, 5.74) is 1.43. The summed E-state index contributed by atoms with van der Waals surface area (Å²) in [5, 5.41) is 0. The highest BCUT2D eigenvalue weighted by atomic mass is 16.1. The number of Topliss-reactive ketones (excluding diaryl/α,β-unsaturated/α-hetero) is 1. The lowest BCUT2D eigenvalue weighted by Crippen LogP contribution is -2.46. The van der Waals surface area contributed by atoms with Gasteiger partial charge in [-0.3, -0.25) is 9.59 Å². The standard InChI is InChI=1S/C18H24O2/c1-18-9-8-14-13-5-3-12(19)10-11(13)2-4-15(14)16(18)6-7-17(18)20/h10,13-16H,2-9H2,1H3/t13-,14?,15?,16?,18-/m0/s1. The molecule has 0 aromatic heterocycles. The lowest BCUT2D eigenvalue weighted by Gasteiger charge is -2.52. The zero-order valence-corrected chi connectivity index (χ0v) is 12.4. The fourth-order valence-electron chi connectivity index (χ4n) is 5.95. The van der Waals surface area contributed by atoms with Crippen LogP contribution in [0.15, 0.2) is 11.6 Å². The molecule has 0 amide bonds. The molecule has 3 saturated carbocycles. The molecule has 0 aliphatic heterocycles. The number of allylic oxidation sites excluding steroid dienone is 1. The maximum absolute atomic E-state index is 12.3. The minimum Gasteiger partial charge on any atom is -0.299 e. The van der Waals surface area contributed by atoms with Crippen molar-refractivity contribution < 1.29 is 9.59 Å². The molecule has 108 valence electrons. The molecule has 0 saturated heterocycles. The fourth-order valence-corrected chi connectivity index (χ4v) is 5.95. The molecule has 2 heteroatoms. The summed E-state index contributed by atoms with van der Waals surface area (Å²) in [6, 6.07) is 0. The monoisotopic (exact) mass is 272 g/mol. The van der Waals surface area contributed by atoms with Gasteiger partial charge in [0.1, 0.15) is 5.78 Å². The number of rotatable bonds is 0. The van der Waals surface area contributed by atoms with Gasteiger partial charge in [-0.2, -0.15) is 0 Å². The normalized spacial score (nSPS) is 47.4. The van der Waals surface area contributed by atoms with Crippen LogP contribution in [0.3, 0.4) is 0 Å². The Morgan fingerprint density at radius 1 is 1.00 bits per heavy atom. The molecule has 3 fully saturated rings. The van der Waals surface area contributed by atoms with E-state index >= 15 is 0 Å². The van der Waals surface area contributed by atoms with E-state index in [1.54, 1.807) is 0 Å². The molecule has 0 aromatic carbocycles. The molecule has 0 N–H and O–H groups in total. The Balaban J connectivity index is 1.65. The number of ketones is 2. The summed E-state index contributed by atoms with van der Waals surface area (Å²) >= 11 is 0. The Labute approximate surface area is 121 Å². The number of carbonyl (C=O) groups is 2. The molecule has 0 radical (unpaired) electrons. The molecule has 4 aliphatic rings. The number of hydrogen-bond donors (Lipinski definition) is 0. The Morgan fingerprint density at radius 3 is 2.70 bits per heavy atom. The van der Waals surface area contributed by atoms with Crippen molar-refractivity contribution in [2.45, 2.75) is 58.3 Å². The SMILES string of the molecule is C[C@]12CCC3C(CCC4=CC(=O)CC[C@@H]43)C1CCC2=O. The van der Waals surface area contributed by atoms with E-state index in [0.717, 1.165) is 50.4 Å². The van der Waals surface area contributed by atoms with E-state index in [1.807, 2.05) is 6.08 Å². The predicted octanol–water partition coefficient (Wildman–Crippen LogP) is 3.70. The van der Waals surface area contributed by atoms with Crippen LogP contribution in [0, 0.1) is 29.1 Å². The van der Waals surface area contributed by atoms with E-state index in [0.29, 0.717) is 23.4 Å². The van der Waals surface area contributed by atoms with Crippen LogP contribution in [-0.2, 0) is 9.59 Å². The van der Waals surface area contributed by atoms with E-state index in [-0.39, 0.29) is 5.41 Å². The Morgan fingerprint density at radius 2 is 1.85 bits per heavy atom. The fraction of sp³-hybridized carbons (Fsp3) is 0.778. The molecular formula is C18H24O2. The average molecular weight is 272 g/mol. The zero-order valence-electron chi connectivity index (χ0n) is 12.4. The van der Waals surface area contributed by atoms with Crippen molar-refractivity contribution in [3.05, 3.63) is 11.6 Å². The first-order valence-electron chi connectivity index (χ1n) is 8.36. The van der Waals surface area contributed by atoms with Gasteiger partial charge in [-0.15, -0.1) is 0 Å². The highest BCUT2D eigenvalue weighted by Gasteiger charge is 2.55. The molecule has 0 heterocycles. The molecule has 0 spiro atoms. The van der Waals surface area contributed by atoms with Gasteiger partial charge in [0.05, 0.1) is 0 Å². The second-order valence-electron chi connectivity index (χ2n) is 7.72. The van der Waals surface area contributed by atoms with Crippen LogP contribution < -0.4 is 0 Å². The first-order chi connectivity index (χ1) is 9.59. The topological polar surface area (TPSA) is 34.1 Å². The van der Waals surface area contributed by atoms with Crippen LogP contribution in [0.4, 0.5) is 0 Å². The second-order valence-corrected chi connectivity index (χ2v) is 7.72. The summed E-state index contributed by atoms with van der Waals surface area (Å²) in [5.74, 6) is 3.66. The van der Waals surface area contributed by atoms with E-state index in [4.69, 9.17) is 0 Å². The third-order valence-corrected chi connectivity index (χ3v) is 7.01. The van der Waals surface area contributed by atoms with Crippen molar-refractivity contribution >= 4 is 11.6 Å². The number of carbonyl (C=O) groups excluding carboxylic acids is 2. The third kappa shape index (κ3) is 1.63. The molecule has 5 atom stereocenters. The zero-order chi connectivity index (χ0) is 13.9. The summed E-state index contributed by atoms with van der Waals surface area (Å²) in [6.45, 7) is 2.24. The highest BCUT2D eigenvalue weighted by Crippen LogP contribution is 2.60. The van der Waals surface area contributed by atoms with Crippen LogP contribution in [0.2, 0.25) is 0 Å². The minimum absolute atomic E-state index is 0.00707. The third-order valence-electron chi connectivity index (χ3n) is 7.01. The van der Waals surface area contributed by atoms with Crippen LogP contribution in [0.5, 0.6) is 0 Å². The van der Waals surface area contributed by atoms with Gasteiger partial charge in [0.25, 0.3) is 0 Å². The van der Waals surface area contributed by atoms with Crippen LogP contribution in [0.1, 0.15) is 58.3 Å². The van der Waals surface area contributed by atoms with Crippen molar-refractivity contribution in [2.75, 3.05) is 0 Å². The number of hydrogen-bond acceptors (Lipinski definition) is 2. The summed E-state index contributed by atoms with van der Waals surface area (Å²) < 4.78 is 0. The quantitative estimate of drug-likeness (QED) is 0.674. The first-order valence-corrected chi connectivity index (χ1v) is 8.36. The van der Waals surface area contributed by atoms with Crippen LogP contribution in [0.25, 0.3) is 0 Å². The maximum Gasteiger partial charge on any atom is 0.155 e. The lowest BCUT2D eigenvalue weighted by molar-refractivity contribution is -0.131. The average Bonchev–Trinajstić information content (AvgIpc) is 2.74. The molecule has 4 aliphatic carbocycles. The lowest BCUT2D eigenvalue weighted by atomic mass is 9.52. The van der Waals surface area contributed by atoms with Gasteiger partial charge in [0.2, 0.25) is 0 Å². The van der Waals surface area contributed by atoms with Crippen LogP contribution >= 0.6 is 0 Å². The molecule has 4 rings (SSSR count). The van der Waals surface area contributed by atoms with E-state index in [1.165, 1.54) is 18.4 Å². The van der Waals surface area contributed by atoms with Crippen molar-refractivity contribution in [1.82, 2.24) is 0 Å². The van der Waals surface area contributed by atoms with Gasteiger partial charge in [0, 0.05) is 18.3 Å². The van der Waals surface area contributed by atoms with Gasteiger partial charge in [-0.25, -0.2) is 0 Å². The molecule has 3 unspecified atom stereocenters. The maximum atomic E-state index is 12.3. The van der Waals surface area contributed by atoms with Gasteiger partial charge >= 0.3 is 0 Å². The van der Waals surface area contributed by atoms with E-state index in [2.05, 4.69) is 6.92 Å². The molecule has 20 heavy (non-hydrogen) atoms. The Bertz CT molecular complexity index is 504. The largest absolute Gasteiger partial charge is 0.299 e. The number of fused-ring (bicyclic) bond motifs is 5. The molecular weight excluding hydrogens is 248 g/mol. The Kier molecular flexibility index (Phi) is 2.74. The van der Waals surface area contributed by atoms with Gasteiger partial charge in [-0.1, -0.05) is 12.5 Å². The summed E-state index contributed by atoms with van der Waals surface area (Å²) in [4.78, 5) is 23.9. The predicted molar refractivity (Wildman–Crippen MR) is 77.1 cm³/mol. The van der Waals surface area contributed by atoms with Crippen LogP contribution in [-0.4, -0.2) is 11.6 Å². The first kappa shape index (κ1) is 12.8. The molecule has 0 bridgehead atoms. The Hall–Kier alpha value is -0.920.